The molecule has 0 spiro atoms. The SMILES string of the molecule is CCOC(=O)CS[C@H](C)c1nc2scc(-c3cccs3)c2c(=O)[nH]1. The number of carbonyl (C=O) groups is 1. The fourth-order valence-corrected chi connectivity index (χ4v) is 4.75. The Morgan fingerprint density at radius 2 is 2.29 bits per heavy atom. The third-order valence-electron chi connectivity index (χ3n) is 3.39. The molecule has 0 aliphatic heterocycles. The van der Waals surface area contributed by atoms with Crippen molar-refractivity contribution in [3.8, 4) is 10.4 Å². The normalized spacial score (nSPS) is 12.4. The van der Waals surface area contributed by atoms with Crippen LogP contribution in [0, 0.1) is 0 Å². The number of H-pyrrole nitrogens is 1. The predicted octanol–water partition coefficient (Wildman–Crippen LogP) is 4.07. The molecule has 0 aliphatic carbocycles. The number of ether oxygens (including phenoxy) is 1. The molecule has 1 N–H and O–H groups in total. The molecule has 0 radical (unpaired) electrons. The molecule has 0 aromatic carbocycles. The number of carbonyl (C=O) groups excluding carboxylic acids is 1. The number of aromatic amines is 1. The molecular formula is C16H16N2O3S3. The Morgan fingerprint density at radius 1 is 1.46 bits per heavy atom. The number of hydrogen-bond donors (Lipinski definition) is 1. The van der Waals surface area contributed by atoms with Gasteiger partial charge in [0, 0.05) is 15.8 Å². The van der Waals surface area contributed by atoms with Crippen LogP contribution in [0.25, 0.3) is 20.7 Å². The summed E-state index contributed by atoms with van der Waals surface area (Å²) in [5.41, 5.74) is 0.792. The van der Waals surface area contributed by atoms with Crippen LogP contribution in [0.4, 0.5) is 0 Å². The van der Waals surface area contributed by atoms with E-state index in [0.717, 1.165) is 15.3 Å². The lowest BCUT2D eigenvalue weighted by Crippen LogP contribution is -2.13. The van der Waals surface area contributed by atoms with E-state index < -0.39 is 0 Å². The van der Waals surface area contributed by atoms with Gasteiger partial charge in [-0.05, 0) is 25.3 Å². The molecule has 0 saturated heterocycles. The second-order valence-corrected chi connectivity index (χ2v) is 8.15. The molecule has 8 heteroatoms. The predicted molar refractivity (Wildman–Crippen MR) is 101 cm³/mol. The van der Waals surface area contributed by atoms with E-state index in [2.05, 4.69) is 9.97 Å². The number of aromatic nitrogens is 2. The van der Waals surface area contributed by atoms with Gasteiger partial charge in [-0.15, -0.1) is 34.4 Å². The molecule has 3 heterocycles. The van der Waals surface area contributed by atoms with E-state index in [9.17, 15) is 9.59 Å². The molecule has 3 rings (SSSR count). The van der Waals surface area contributed by atoms with Gasteiger partial charge >= 0.3 is 5.97 Å². The lowest BCUT2D eigenvalue weighted by atomic mass is 10.2. The highest BCUT2D eigenvalue weighted by atomic mass is 32.2. The summed E-state index contributed by atoms with van der Waals surface area (Å²) >= 11 is 4.47. The van der Waals surface area contributed by atoms with E-state index in [0.29, 0.717) is 17.8 Å². The highest BCUT2D eigenvalue weighted by molar-refractivity contribution is 8.00. The second kappa shape index (κ2) is 7.50. The zero-order valence-corrected chi connectivity index (χ0v) is 15.6. The highest BCUT2D eigenvalue weighted by Gasteiger charge is 2.17. The summed E-state index contributed by atoms with van der Waals surface area (Å²) in [6.07, 6.45) is 0. The van der Waals surface area contributed by atoms with Crippen molar-refractivity contribution in [3.63, 3.8) is 0 Å². The second-order valence-electron chi connectivity index (χ2n) is 5.02. The molecule has 3 aromatic heterocycles. The van der Waals surface area contributed by atoms with Crippen LogP contribution in [0.5, 0.6) is 0 Å². The van der Waals surface area contributed by atoms with Crippen LogP contribution in [0.15, 0.2) is 27.7 Å². The summed E-state index contributed by atoms with van der Waals surface area (Å²) < 4.78 is 4.92. The number of esters is 1. The average Bonchev–Trinajstić information content (AvgIpc) is 3.21. The molecule has 0 bridgehead atoms. The topological polar surface area (TPSA) is 72.0 Å². The van der Waals surface area contributed by atoms with Crippen molar-refractivity contribution in [2.24, 2.45) is 0 Å². The Balaban J connectivity index is 1.86. The van der Waals surface area contributed by atoms with Gasteiger partial charge in [0.2, 0.25) is 0 Å². The number of thioether (sulfide) groups is 1. The molecule has 24 heavy (non-hydrogen) atoms. The van der Waals surface area contributed by atoms with Gasteiger partial charge in [-0.2, -0.15) is 0 Å². The van der Waals surface area contributed by atoms with E-state index in [1.807, 2.05) is 29.8 Å². The first-order chi connectivity index (χ1) is 11.6. The smallest absolute Gasteiger partial charge is 0.315 e. The van der Waals surface area contributed by atoms with Gasteiger partial charge in [0.05, 0.1) is 23.0 Å². The van der Waals surface area contributed by atoms with Gasteiger partial charge in [-0.3, -0.25) is 9.59 Å². The lowest BCUT2D eigenvalue weighted by molar-refractivity contribution is -0.139. The minimum Gasteiger partial charge on any atom is -0.465 e. The van der Waals surface area contributed by atoms with Crippen molar-refractivity contribution in [1.82, 2.24) is 9.97 Å². The van der Waals surface area contributed by atoms with Crippen molar-refractivity contribution < 1.29 is 9.53 Å². The summed E-state index contributed by atoms with van der Waals surface area (Å²) in [6, 6.07) is 3.96. The maximum Gasteiger partial charge on any atom is 0.315 e. The molecule has 0 fully saturated rings. The van der Waals surface area contributed by atoms with Crippen molar-refractivity contribution in [2.45, 2.75) is 19.1 Å². The van der Waals surface area contributed by atoms with Gasteiger partial charge in [-0.1, -0.05) is 6.07 Å². The molecule has 5 nitrogen and oxygen atoms in total. The molecular weight excluding hydrogens is 364 g/mol. The summed E-state index contributed by atoms with van der Waals surface area (Å²) in [5, 5.41) is 4.49. The standard InChI is InChI=1S/C16H16N2O3S3/c1-3-21-12(19)8-23-9(2)14-17-15(20)13-10(7-24-16(13)18-14)11-5-4-6-22-11/h4-7,9H,3,8H2,1-2H3,(H,17,18,20)/t9-/m1/s1. The zero-order chi connectivity index (χ0) is 17.1. The van der Waals surface area contributed by atoms with Crippen LogP contribution >= 0.6 is 34.4 Å². The van der Waals surface area contributed by atoms with Crippen LogP contribution in [-0.2, 0) is 9.53 Å². The Labute approximate surface area is 151 Å². The molecule has 0 amide bonds. The Bertz CT molecular complexity index is 899. The van der Waals surface area contributed by atoms with Gasteiger partial charge in [0.25, 0.3) is 5.56 Å². The fourth-order valence-electron chi connectivity index (χ4n) is 2.25. The van der Waals surface area contributed by atoms with Crippen LogP contribution in [0.3, 0.4) is 0 Å². The third-order valence-corrected chi connectivity index (χ3v) is 6.29. The summed E-state index contributed by atoms with van der Waals surface area (Å²) in [7, 11) is 0. The fraction of sp³-hybridized carbons (Fsp3) is 0.312. The average molecular weight is 381 g/mol. The van der Waals surface area contributed by atoms with E-state index in [4.69, 9.17) is 4.74 Å². The minimum absolute atomic E-state index is 0.0983. The zero-order valence-electron chi connectivity index (χ0n) is 13.2. The van der Waals surface area contributed by atoms with Crippen molar-refractivity contribution in [3.05, 3.63) is 39.1 Å². The Hall–Kier alpha value is -1.64. The van der Waals surface area contributed by atoms with Crippen LogP contribution in [0.1, 0.15) is 24.9 Å². The maximum absolute atomic E-state index is 12.5. The number of hydrogen-bond acceptors (Lipinski definition) is 7. The van der Waals surface area contributed by atoms with Crippen LogP contribution in [0.2, 0.25) is 0 Å². The highest BCUT2D eigenvalue weighted by Crippen LogP contribution is 2.34. The summed E-state index contributed by atoms with van der Waals surface area (Å²) in [4.78, 5) is 33.2. The third kappa shape index (κ3) is 3.55. The maximum atomic E-state index is 12.5. The number of thiophene rings is 2. The number of nitrogens with zero attached hydrogens (tertiary/aromatic N) is 1. The molecule has 0 unspecified atom stereocenters. The first-order valence-corrected chi connectivity index (χ1v) is 10.2. The molecule has 0 saturated carbocycles. The first-order valence-electron chi connectivity index (χ1n) is 7.42. The Morgan fingerprint density at radius 3 is 3.00 bits per heavy atom. The molecule has 0 aliphatic rings. The number of rotatable bonds is 6. The Kier molecular flexibility index (Phi) is 5.37. The first kappa shape index (κ1) is 17.2. The monoisotopic (exact) mass is 380 g/mol. The van der Waals surface area contributed by atoms with Crippen molar-refractivity contribution in [2.75, 3.05) is 12.4 Å². The van der Waals surface area contributed by atoms with E-state index >= 15 is 0 Å². The number of nitrogens with one attached hydrogen (secondary N) is 1. The minimum atomic E-state index is -0.256. The van der Waals surface area contributed by atoms with Crippen molar-refractivity contribution >= 4 is 50.6 Å². The molecule has 126 valence electrons. The van der Waals surface area contributed by atoms with Gasteiger partial charge in [-0.25, -0.2) is 4.98 Å². The summed E-state index contributed by atoms with van der Waals surface area (Å²) in [6.45, 7) is 4.07. The van der Waals surface area contributed by atoms with Crippen LogP contribution < -0.4 is 5.56 Å². The molecule has 1 atom stereocenters. The van der Waals surface area contributed by atoms with E-state index in [1.165, 1.54) is 23.1 Å². The summed E-state index contributed by atoms with van der Waals surface area (Å²) in [5.74, 6) is 0.567. The quantitative estimate of drug-likeness (QED) is 0.653. The van der Waals surface area contributed by atoms with Crippen LogP contribution in [-0.4, -0.2) is 28.3 Å². The van der Waals surface area contributed by atoms with Gasteiger partial charge in [0.15, 0.2) is 0 Å². The van der Waals surface area contributed by atoms with Crippen molar-refractivity contribution in [1.29, 1.82) is 0 Å². The molecule has 3 aromatic rings. The number of fused-ring (bicyclic) bond motifs is 1. The lowest BCUT2D eigenvalue weighted by Gasteiger charge is -2.10. The van der Waals surface area contributed by atoms with E-state index in [-0.39, 0.29) is 22.5 Å². The van der Waals surface area contributed by atoms with E-state index in [1.54, 1.807) is 18.3 Å². The van der Waals surface area contributed by atoms with Gasteiger partial charge in [0.1, 0.15) is 10.7 Å². The largest absolute Gasteiger partial charge is 0.465 e. The van der Waals surface area contributed by atoms with Gasteiger partial charge < -0.3 is 9.72 Å².